The molecular formula is C27H31ClN2O5S. The fraction of sp³-hybridized carbons (Fsp3) is 0.296. The molecular weight excluding hydrogens is 500 g/mol. The number of rotatable bonds is 12. The maximum atomic E-state index is 13.5. The van der Waals surface area contributed by atoms with Crippen LogP contribution in [0.3, 0.4) is 0 Å². The summed E-state index contributed by atoms with van der Waals surface area (Å²) in [6.07, 6.45) is 1.48. The van der Waals surface area contributed by atoms with Crippen molar-refractivity contribution in [1.29, 1.82) is 0 Å². The predicted molar refractivity (Wildman–Crippen MR) is 143 cm³/mol. The van der Waals surface area contributed by atoms with Crippen molar-refractivity contribution in [3.05, 3.63) is 82.9 Å². The van der Waals surface area contributed by atoms with Crippen molar-refractivity contribution in [2.45, 2.75) is 31.6 Å². The lowest BCUT2D eigenvalue weighted by Gasteiger charge is -2.24. The van der Waals surface area contributed by atoms with Crippen LogP contribution >= 0.6 is 11.6 Å². The highest BCUT2D eigenvalue weighted by molar-refractivity contribution is 7.92. The molecule has 0 aliphatic rings. The van der Waals surface area contributed by atoms with Crippen LogP contribution in [0.2, 0.25) is 5.02 Å². The monoisotopic (exact) mass is 530 g/mol. The summed E-state index contributed by atoms with van der Waals surface area (Å²) in [5.74, 6) is 0.819. The van der Waals surface area contributed by atoms with Crippen LogP contribution in [0.5, 0.6) is 11.5 Å². The molecule has 0 aliphatic carbocycles. The summed E-state index contributed by atoms with van der Waals surface area (Å²) in [5.41, 5.74) is 2.33. The summed E-state index contributed by atoms with van der Waals surface area (Å²) in [6.45, 7) is 4.45. The van der Waals surface area contributed by atoms with Crippen molar-refractivity contribution in [3.63, 3.8) is 0 Å². The minimum Gasteiger partial charge on any atom is -0.495 e. The van der Waals surface area contributed by atoms with Crippen LogP contribution in [0, 0.1) is 6.92 Å². The Morgan fingerprint density at radius 3 is 2.33 bits per heavy atom. The molecule has 0 atom stereocenters. The average molecular weight is 531 g/mol. The van der Waals surface area contributed by atoms with Gasteiger partial charge in [-0.05, 0) is 74.7 Å². The molecule has 0 spiro atoms. The van der Waals surface area contributed by atoms with Gasteiger partial charge in [-0.15, -0.1) is 0 Å². The molecule has 7 nitrogen and oxygen atoms in total. The molecule has 0 aromatic heterocycles. The van der Waals surface area contributed by atoms with E-state index < -0.39 is 15.9 Å². The first kappa shape index (κ1) is 27.4. The molecule has 0 saturated carbocycles. The number of carbonyl (C=O) groups excluding carboxylic acids is 1. The Bertz CT molecular complexity index is 1260. The van der Waals surface area contributed by atoms with Crippen molar-refractivity contribution in [1.82, 2.24) is 5.32 Å². The van der Waals surface area contributed by atoms with E-state index in [1.165, 1.54) is 25.3 Å². The number of hydrogen-bond donors (Lipinski definition) is 1. The summed E-state index contributed by atoms with van der Waals surface area (Å²) in [5, 5.41) is 3.07. The zero-order valence-electron chi connectivity index (χ0n) is 20.7. The largest absolute Gasteiger partial charge is 0.495 e. The van der Waals surface area contributed by atoms with Gasteiger partial charge in [-0.25, -0.2) is 8.42 Å². The molecule has 3 rings (SSSR count). The molecule has 3 aromatic carbocycles. The normalized spacial score (nSPS) is 11.1. The minimum absolute atomic E-state index is 0.0864. The van der Waals surface area contributed by atoms with Gasteiger partial charge in [0.2, 0.25) is 5.91 Å². The second-order valence-electron chi connectivity index (χ2n) is 8.17. The molecule has 0 heterocycles. The number of nitrogens with zero attached hydrogens (tertiary/aromatic N) is 1. The smallest absolute Gasteiger partial charge is 0.264 e. The number of anilines is 1. The number of halogens is 1. The first-order valence-electron chi connectivity index (χ1n) is 11.7. The fourth-order valence-electron chi connectivity index (χ4n) is 3.59. The summed E-state index contributed by atoms with van der Waals surface area (Å²) in [7, 11) is -2.55. The SMILES string of the molecule is CCOc1ccc(CCCNC(=O)CN(c2ccc(OC)c(Cl)c2)S(=O)(=O)c2ccc(C)cc2)cc1. The lowest BCUT2D eigenvalue weighted by atomic mass is 10.1. The Morgan fingerprint density at radius 2 is 1.72 bits per heavy atom. The van der Waals surface area contributed by atoms with Gasteiger partial charge in [0.1, 0.15) is 18.0 Å². The lowest BCUT2D eigenvalue weighted by Crippen LogP contribution is -2.41. The van der Waals surface area contributed by atoms with E-state index >= 15 is 0 Å². The number of hydrogen-bond acceptors (Lipinski definition) is 5. The topological polar surface area (TPSA) is 84.9 Å². The number of ether oxygens (including phenoxy) is 2. The number of nitrogens with one attached hydrogen (secondary N) is 1. The standard InChI is InChI=1S/C27H31ClN2O5S/c1-4-35-23-12-9-21(10-13-23)6-5-17-29-27(31)19-30(22-11-16-26(34-3)25(28)18-22)36(32,33)24-14-7-20(2)8-15-24/h7-16,18H,4-6,17,19H2,1-3H3,(H,29,31). The zero-order valence-corrected chi connectivity index (χ0v) is 22.2. The van der Waals surface area contributed by atoms with Crippen LogP contribution in [0.1, 0.15) is 24.5 Å². The van der Waals surface area contributed by atoms with Crippen LogP contribution < -0.4 is 19.1 Å². The van der Waals surface area contributed by atoms with Crippen LogP contribution in [-0.4, -0.2) is 41.1 Å². The summed E-state index contributed by atoms with van der Waals surface area (Å²) < 4.78 is 38.7. The second kappa shape index (κ2) is 12.6. The highest BCUT2D eigenvalue weighted by Crippen LogP contribution is 2.32. The number of carbonyl (C=O) groups is 1. The van der Waals surface area contributed by atoms with Gasteiger partial charge in [-0.3, -0.25) is 9.10 Å². The molecule has 1 N–H and O–H groups in total. The number of amides is 1. The molecule has 9 heteroatoms. The fourth-order valence-corrected chi connectivity index (χ4v) is 5.25. The van der Waals surface area contributed by atoms with Crippen molar-refractivity contribution in [3.8, 4) is 11.5 Å². The Balaban J connectivity index is 1.70. The van der Waals surface area contributed by atoms with E-state index in [1.807, 2.05) is 38.1 Å². The molecule has 0 saturated heterocycles. The van der Waals surface area contributed by atoms with Gasteiger partial charge in [0.05, 0.1) is 29.3 Å². The first-order chi connectivity index (χ1) is 17.2. The lowest BCUT2D eigenvalue weighted by molar-refractivity contribution is -0.119. The summed E-state index contributed by atoms with van der Waals surface area (Å²) in [4.78, 5) is 12.9. The van der Waals surface area contributed by atoms with Crippen LogP contribution in [0.4, 0.5) is 5.69 Å². The second-order valence-corrected chi connectivity index (χ2v) is 10.4. The maximum Gasteiger partial charge on any atom is 0.264 e. The predicted octanol–water partition coefficient (Wildman–Crippen LogP) is 5.00. The molecule has 0 fully saturated rings. The quantitative estimate of drug-likeness (QED) is 0.333. The Hall–Kier alpha value is -3.23. The third-order valence-electron chi connectivity index (χ3n) is 5.52. The Labute approximate surface area is 218 Å². The Morgan fingerprint density at radius 1 is 1.03 bits per heavy atom. The van der Waals surface area contributed by atoms with Gasteiger partial charge >= 0.3 is 0 Å². The van der Waals surface area contributed by atoms with E-state index in [-0.39, 0.29) is 22.2 Å². The van der Waals surface area contributed by atoms with Gasteiger partial charge in [0.15, 0.2) is 0 Å². The number of aryl methyl sites for hydroxylation is 2. The molecule has 0 aliphatic heterocycles. The van der Waals surface area contributed by atoms with Gasteiger partial charge in [0, 0.05) is 6.54 Å². The molecule has 0 unspecified atom stereocenters. The minimum atomic E-state index is -4.02. The average Bonchev–Trinajstić information content (AvgIpc) is 2.86. The summed E-state index contributed by atoms with van der Waals surface area (Å²) in [6, 6.07) is 18.9. The molecule has 36 heavy (non-hydrogen) atoms. The maximum absolute atomic E-state index is 13.5. The van der Waals surface area contributed by atoms with Gasteiger partial charge in [-0.2, -0.15) is 0 Å². The molecule has 0 radical (unpaired) electrons. The molecule has 3 aromatic rings. The van der Waals surface area contributed by atoms with Crippen molar-refractivity contribution >= 4 is 33.2 Å². The van der Waals surface area contributed by atoms with E-state index in [9.17, 15) is 13.2 Å². The highest BCUT2D eigenvalue weighted by Gasteiger charge is 2.27. The summed E-state index contributed by atoms with van der Waals surface area (Å²) >= 11 is 6.26. The van der Waals surface area contributed by atoms with Gasteiger partial charge in [-0.1, -0.05) is 41.4 Å². The van der Waals surface area contributed by atoms with Crippen molar-refractivity contribution in [2.75, 3.05) is 31.1 Å². The molecule has 192 valence electrons. The van der Waals surface area contributed by atoms with E-state index in [0.29, 0.717) is 25.3 Å². The Kier molecular flexibility index (Phi) is 9.61. The first-order valence-corrected chi connectivity index (χ1v) is 13.5. The zero-order chi connectivity index (χ0) is 26.1. The number of methoxy groups -OCH3 is 1. The molecule has 0 bridgehead atoms. The third-order valence-corrected chi connectivity index (χ3v) is 7.60. The van der Waals surface area contributed by atoms with Gasteiger partial charge < -0.3 is 14.8 Å². The van der Waals surface area contributed by atoms with E-state index in [4.69, 9.17) is 21.1 Å². The number of benzene rings is 3. The van der Waals surface area contributed by atoms with E-state index in [2.05, 4.69) is 5.32 Å². The third kappa shape index (κ3) is 7.15. The van der Waals surface area contributed by atoms with Crippen LogP contribution in [0.25, 0.3) is 0 Å². The van der Waals surface area contributed by atoms with E-state index in [0.717, 1.165) is 27.6 Å². The van der Waals surface area contributed by atoms with Gasteiger partial charge in [0.25, 0.3) is 10.0 Å². The van der Waals surface area contributed by atoms with E-state index in [1.54, 1.807) is 24.3 Å². The van der Waals surface area contributed by atoms with Crippen molar-refractivity contribution in [2.24, 2.45) is 0 Å². The van der Waals surface area contributed by atoms with Crippen molar-refractivity contribution < 1.29 is 22.7 Å². The molecule has 1 amide bonds. The highest BCUT2D eigenvalue weighted by atomic mass is 35.5. The van der Waals surface area contributed by atoms with Crippen LogP contribution in [-0.2, 0) is 21.2 Å². The van der Waals surface area contributed by atoms with Crippen LogP contribution in [0.15, 0.2) is 71.6 Å². The number of sulfonamides is 1.